The van der Waals surface area contributed by atoms with Crippen molar-refractivity contribution in [2.45, 2.75) is 45.6 Å². The fourth-order valence-electron chi connectivity index (χ4n) is 1.97. The molecule has 0 saturated heterocycles. The van der Waals surface area contributed by atoms with E-state index in [-0.39, 0.29) is 6.04 Å². The van der Waals surface area contributed by atoms with Crippen molar-refractivity contribution in [3.8, 4) is 0 Å². The van der Waals surface area contributed by atoms with Gasteiger partial charge in [-0.05, 0) is 38.3 Å². The van der Waals surface area contributed by atoms with E-state index in [1.165, 1.54) is 4.31 Å². The highest BCUT2D eigenvalue weighted by Crippen LogP contribution is 2.33. The Bertz CT molecular complexity index is 332. The maximum atomic E-state index is 12.0. The van der Waals surface area contributed by atoms with E-state index in [4.69, 9.17) is 0 Å². The molecule has 0 bridgehead atoms. The average molecular weight is 277 g/mol. The largest absolute Gasteiger partial charge is 0.317 e. The molecule has 2 atom stereocenters. The molecule has 0 spiro atoms. The van der Waals surface area contributed by atoms with E-state index in [0.29, 0.717) is 12.5 Å². The normalized spacial score (nSPS) is 23.6. The third-order valence-corrected chi connectivity index (χ3v) is 5.01. The van der Waals surface area contributed by atoms with Crippen LogP contribution in [0.3, 0.4) is 0 Å². The van der Waals surface area contributed by atoms with E-state index in [0.717, 1.165) is 38.8 Å². The smallest absolute Gasteiger partial charge is 0.279 e. The highest BCUT2D eigenvalue weighted by molar-refractivity contribution is 7.87. The summed E-state index contributed by atoms with van der Waals surface area (Å²) in [6, 6.07) is 0.167. The first-order valence-corrected chi connectivity index (χ1v) is 8.39. The summed E-state index contributed by atoms with van der Waals surface area (Å²) in [5, 5.41) is 3.27. The molecule has 0 aromatic heterocycles. The van der Waals surface area contributed by atoms with Crippen LogP contribution in [0, 0.1) is 5.92 Å². The summed E-state index contributed by atoms with van der Waals surface area (Å²) in [6.07, 6.45) is 3.99. The zero-order valence-corrected chi connectivity index (χ0v) is 12.6. The lowest BCUT2D eigenvalue weighted by atomic mass is 10.3. The summed E-state index contributed by atoms with van der Waals surface area (Å²) in [6.45, 7) is 6.65. The van der Waals surface area contributed by atoms with Gasteiger partial charge in [-0.25, -0.2) is 0 Å². The second kappa shape index (κ2) is 7.43. The monoisotopic (exact) mass is 277 g/mol. The Balaban J connectivity index is 2.20. The van der Waals surface area contributed by atoms with Gasteiger partial charge in [-0.2, -0.15) is 17.4 Å². The minimum absolute atomic E-state index is 0.167. The van der Waals surface area contributed by atoms with E-state index in [2.05, 4.69) is 23.9 Å². The third kappa shape index (κ3) is 5.22. The molecule has 1 aliphatic carbocycles. The van der Waals surface area contributed by atoms with Crippen molar-refractivity contribution in [1.82, 2.24) is 14.3 Å². The fourth-order valence-corrected chi connectivity index (χ4v) is 3.19. The summed E-state index contributed by atoms with van der Waals surface area (Å²) in [4.78, 5) is 0. The van der Waals surface area contributed by atoms with E-state index in [1.807, 2.05) is 0 Å². The van der Waals surface area contributed by atoms with Crippen LogP contribution in [0.2, 0.25) is 0 Å². The first-order valence-electron chi connectivity index (χ1n) is 6.95. The molecule has 0 heterocycles. The van der Waals surface area contributed by atoms with Crippen molar-refractivity contribution in [2.75, 3.05) is 26.7 Å². The molecule has 108 valence electrons. The summed E-state index contributed by atoms with van der Waals surface area (Å²) in [7, 11) is -1.63. The lowest BCUT2D eigenvalue weighted by Crippen LogP contribution is -2.40. The lowest BCUT2D eigenvalue weighted by Gasteiger charge is -2.17. The molecule has 0 radical (unpaired) electrons. The first kappa shape index (κ1) is 15.9. The van der Waals surface area contributed by atoms with Gasteiger partial charge in [0.2, 0.25) is 0 Å². The molecule has 6 heteroatoms. The topological polar surface area (TPSA) is 61.4 Å². The number of hydrogen-bond acceptors (Lipinski definition) is 3. The summed E-state index contributed by atoms with van der Waals surface area (Å²) in [5.41, 5.74) is 0. The van der Waals surface area contributed by atoms with Crippen LogP contribution in [0.25, 0.3) is 0 Å². The van der Waals surface area contributed by atoms with Crippen LogP contribution in [-0.4, -0.2) is 45.4 Å². The Morgan fingerprint density at radius 3 is 2.56 bits per heavy atom. The van der Waals surface area contributed by atoms with Crippen molar-refractivity contribution < 1.29 is 8.42 Å². The highest BCUT2D eigenvalue weighted by atomic mass is 32.2. The molecule has 1 saturated carbocycles. The SMILES string of the molecule is CCCNCCCN(C)S(=O)(=O)NC1CC1CC. The summed E-state index contributed by atoms with van der Waals surface area (Å²) in [5.74, 6) is 0.541. The van der Waals surface area contributed by atoms with Gasteiger partial charge in [0.1, 0.15) is 0 Å². The summed E-state index contributed by atoms with van der Waals surface area (Å²) < 4.78 is 28.1. The Kier molecular flexibility index (Phi) is 6.55. The second-order valence-corrected chi connectivity index (χ2v) is 6.87. The van der Waals surface area contributed by atoms with Crippen LogP contribution in [0.4, 0.5) is 0 Å². The predicted octanol–water partition coefficient (Wildman–Crippen LogP) is 0.941. The number of rotatable bonds is 10. The van der Waals surface area contributed by atoms with Gasteiger partial charge in [0.15, 0.2) is 0 Å². The zero-order chi connectivity index (χ0) is 13.6. The molecule has 1 rings (SSSR count). The highest BCUT2D eigenvalue weighted by Gasteiger charge is 2.39. The molecule has 2 N–H and O–H groups in total. The van der Waals surface area contributed by atoms with Crippen molar-refractivity contribution in [3.63, 3.8) is 0 Å². The Hall–Kier alpha value is -0.170. The molecular formula is C12H27N3O2S. The van der Waals surface area contributed by atoms with E-state index in [1.54, 1.807) is 7.05 Å². The Morgan fingerprint density at radius 1 is 1.28 bits per heavy atom. The quantitative estimate of drug-likeness (QED) is 0.584. The van der Waals surface area contributed by atoms with Gasteiger partial charge in [0.25, 0.3) is 10.2 Å². The first-order chi connectivity index (χ1) is 8.51. The molecule has 5 nitrogen and oxygen atoms in total. The molecule has 1 fully saturated rings. The molecule has 0 aromatic carbocycles. The van der Waals surface area contributed by atoms with Crippen molar-refractivity contribution in [2.24, 2.45) is 5.92 Å². The van der Waals surface area contributed by atoms with Gasteiger partial charge >= 0.3 is 0 Å². The van der Waals surface area contributed by atoms with E-state index < -0.39 is 10.2 Å². The standard InChI is InChI=1S/C12H27N3O2S/c1-4-7-13-8-6-9-15(3)18(16,17)14-12-10-11(12)5-2/h11-14H,4-10H2,1-3H3. The van der Waals surface area contributed by atoms with Crippen LogP contribution in [0.1, 0.15) is 39.5 Å². The third-order valence-electron chi connectivity index (χ3n) is 3.41. The molecular weight excluding hydrogens is 250 g/mol. The molecule has 0 amide bonds. The van der Waals surface area contributed by atoms with Gasteiger partial charge in [-0.15, -0.1) is 0 Å². The fraction of sp³-hybridized carbons (Fsp3) is 1.00. The van der Waals surface area contributed by atoms with Gasteiger partial charge in [0.05, 0.1) is 0 Å². The van der Waals surface area contributed by atoms with Crippen LogP contribution in [-0.2, 0) is 10.2 Å². The van der Waals surface area contributed by atoms with E-state index in [9.17, 15) is 8.42 Å². The summed E-state index contributed by atoms with van der Waals surface area (Å²) >= 11 is 0. The average Bonchev–Trinajstić information content (AvgIpc) is 3.06. The lowest BCUT2D eigenvalue weighted by molar-refractivity contribution is 0.442. The number of nitrogens with zero attached hydrogens (tertiary/aromatic N) is 1. The van der Waals surface area contributed by atoms with Crippen LogP contribution in [0.5, 0.6) is 0 Å². The van der Waals surface area contributed by atoms with Crippen LogP contribution in [0.15, 0.2) is 0 Å². The van der Waals surface area contributed by atoms with Gasteiger partial charge < -0.3 is 5.32 Å². The van der Waals surface area contributed by atoms with Crippen molar-refractivity contribution in [1.29, 1.82) is 0 Å². The molecule has 0 aromatic rings. The Morgan fingerprint density at radius 2 is 2.00 bits per heavy atom. The Labute approximate surface area is 112 Å². The van der Waals surface area contributed by atoms with Gasteiger partial charge in [0, 0.05) is 19.6 Å². The number of nitrogens with one attached hydrogen (secondary N) is 2. The maximum absolute atomic E-state index is 12.0. The molecule has 0 aliphatic heterocycles. The van der Waals surface area contributed by atoms with Crippen molar-refractivity contribution >= 4 is 10.2 Å². The van der Waals surface area contributed by atoms with E-state index >= 15 is 0 Å². The molecule has 1 aliphatic rings. The predicted molar refractivity (Wildman–Crippen MR) is 74.6 cm³/mol. The maximum Gasteiger partial charge on any atom is 0.279 e. The zero-order valence-electron chi connectivity index (χ0n) is 11.8. The van der Waals surface area contributed by atoms with Gasteiger partial charge in [-0.3, -0.25) is 0 Å². The second-order valence-electron chi connectivity index (χ2n) is 5.06. The minimum Gasteiger partial charge on any atom is -0.317 e. The number of hydrogen-bond donors (Lipinski definition) is 2. The van der Waals surface area contributed by atoms with Crippen LogP contribution >= 0.6 is 0 Å². The van der Waals surface area contributed by atoms with Crippen molar-refractivity contribution in [3.05, 3.63) is 0 Å². The minimum atomic E-state index is -3.28. The van der Waals surface area contributed by atoms with Gasteiger partial charge in [-0.1, -0.05) is 20.3 Å². The van der Waals surface area contributed by atoms with Crippen LogP contribution < -0.4 is 10.0 Å². The molecule has 2 unspecified atom stereocenters. The molecule has 18 heavy (non-hydrogen) atoms.